The van der Waals surface area contributed by atoms with E-state index in [2.05, 4.69) is 4.52 Å². The lowest BCUT2D eigenvalue weighted by Crippen LogP contribution is -2.30. The topological polar surface area (TPSA) is 180 Å². The number of phosphoric acid groups is 1. The summed E-state index contributed by atoms with van der Waals surface area (Å²) in [5.41, 5.74) is -1.32. The van der Waals surface area contributed by atoms with Crippen LogP contribution in [0.4, 0.5) is 0 Å². The second-order valence-corrected chi connectivity index (χ2v) is 10.8. The van der Waals surface area contributed by atoms with Crippen LogP contribution in [0.1, 0.15) is 20.3 Å². The van der Waals surface area contributed by atoms with Crippen LogP contribution in [-0.4, -0.2) is 62.0 Å². The van der Waals surface area contributed by atoms with Gasteiger partial charge < -0.3 is 33.7 Å². The van der Waals surface area contributed by atoms with Crippen LogP contribution < -0.4 is 0 Å². The maximum absolute atomic E-state index is 12.1. The fourth-order valence-corrected chi connectivity index (χ4v) is 4.98. The second-order valence-electron chi connectivity index (χ2n) is 5.45. The minimum Gasteiger partial charge on any atom is -0.381 e. The first-order valence-electron chi connectivity index (χ1n) is 6.25. The minimum atomic E-state index is -5.07. The van der Waals surface area contributed by atoms with Crippen molar-refractivity contribution in [2.75, 3.05) is 6.61 Å². The SMILES string of the molecule is [B]C1CC(P(=O)(O)O)C(COP(=O)(O)C(C)(C)OP(=O)(O)O)O1. The molecule has 11 nitrogen and oxygen atoms in total. The Bertz CT molecular complexity index is 568. The number of rotatable bonds is 7. The molecule has 15 heteroatoms. The number of phosphoric ester groups is 1. The second kappa shape index (κ2) is 6.98. The Labute approximate surface area is 133 Å². The average Bonchev–Trinajstić information content (AvgIpc) is 2.64. The third-order valence-electron chi connectivity index (χ3n) is 3.12. The highest BCUT2D eigenvalue weighted by atomic mass is 31.2. The van der Waals surface area contributed by atoms with Crippen LogP contribution in [0.15, 0.2) is 0 Å². The first kappa shape index (κ1) is 21.5. The summed E-state index contributed by atoms with van der Waals surface area (Å²) in [5, 5.41) is -2.26. The van der Waals surface area contributed by atoms with Crippen molar-refractivity contribution in [1.82, 2.24) is 0 Å². The maximum Gasteiger partial charge on any atom is 0.470 e. The summed E-state index contributed by atoms with van der Waals surface area (Å²) in [5.74, 6) is 0. The van der Waals surface area contributed by atoms with Gasteiger partial charge in [0.25, 0.3) is 0 Å². The molecule has 0 saturated carbocycles. The third kappa shape index (κ3) is 6.02. The Balaban J connectivity index is 2.81. The largest absolute Gasteiger partial charge is 0.470 e. The normalized spacial score (nSPS) is 29.4. The Morgan fingerprint density at radius 1 is 1.17 bits per heavy atom. The molecule has 1 heterocycles. The van der Waals surface area contributed by atoms with Gasteiger partial charge in [0, 0.05) is 6.00 Å². The average molecular weight is 394 g/mol. The number of hydrogen-bond acceptors (Lipinski definition) is 6. The quantitative estimate of drug-likeness (QED) is 0.287. The van der Waals surface area contributed by atoms with Crippen LogP contribution >= 0.6 is 23.0 Å². The highest BCUT2D eigenvalue weighted by Crippen LogP contribution is 2.61. The summed E-state index contributed by atoms with van der Waals surface area (Å²) >= 11 is 0. The molecular weight excluding hydrogens is 376 g/mol. The van der Waals surface area contributed by atoms with E-state index >= 15 is 0 Å². The van der Waals surface area contributed by atoms with Crippen molar-refractivity contribution in [3.8, 4) is 0 Å². The van der Waals surface area contributed by atoms with Gasteiger partial charge in [-0.15, -0.1) is 0 Å². The monoisotopic (exact) mass is 394 g/mol. The molecule has 0 aromatic carbocycles. The number of ether oxygens (including phenoxy) is 1. The molecule has 23 heavy (non-hydrogen) atoms. The van der Waals surface area contributed by atoms with E-state index in [1.54, 1.807) is 0 Å². The first-order valence-corrected chi connectivity index (χ1v) is 11.0. The van der Waals surface area contributed by atoms with Gasteiger partial charge in [-0.3, -0.25) is 13.7 Å². The summed E-state index contributed by atoms with van der Waals surface area (Å²) in [4.78, 5) is 45.7. The molecule has 0 bridgehead atoms. The van der Waals surface area contributed by atoms with Crippen LogP contribution in [0.5, 0.6) is 0 Å². The van der Waals surface area contributed by atoms with Crippen molar-refractivity contribution in [2.24, 2.45) is 0 Å². The van der Waals surface area contributed by atoms with E-state index in [1.807, 2.05) is 0 Å². The molecule has 134 valence electrons. The predicted octanol–water partition coefficient (Wildman–Crippen LogP) is -0.136. The van der Waals surface area contributed by atoms with Gasteiger partial charge in [0.1, 0.15) is 7.85 Å². The van der Waals surface area contributed by atoms with Gasteiger partial charge in [-0.05, 0) is 20.3 Å². The van der Waals surface area contributed by atoms with Gasteiger partial charge in [0.15, 0.2) is 5.34 Å². The molecule has 2 radical (unpaired) electrons. The van der Waals surface area contributed by atoms with Crippen molar-refractivity contribution >= 4 is 30.9 Å². The fraction of sp³-hybridized carbons (Fsp3) is 1.00. The highest BCUT2D eigenvalue weighted by Gasteiger charge is 2.49. The molecule has 1 aliphatic rings. The molecule has 1 rings (SSSR count). The molecule has 1 saturated heterocycles. The van der Waals surface area contributed by atoms with Crippen LogP contribution in [0.25, 0.3) is 0 Å². The summed E-state index contributed by atoms with van der Waals surface area (Å²) < 4.78 is 48.2. The maximum atomic E-state index is 12.1. The molecule has 1 fully saturated rings. The summed E-state index contributed by atoms with van der Waals surface area (Å²) in [7, 11) is -8.94. The lowest BCUT2D eigenvalue weighted by Gasteiger charge is -2.30. The van der Waals surface area contributed by atoms with Gasteiger partial charge in [-0.2, -0.15) is 0 Å². The van der Waals surface area contributed by atoms with Crippen molar-refractivity contribution in [3.05, 3.63) is 0 Å². The fourth-order valence-electron chi connectivity index (χ4n) is 1.94. The van der Waals surface area contributed by atoms with Gasteiger partial charge in [0.05, 0.1) is 18.4 Å². The van der Waals surface area contributed by atoms with Gasteiger partial charge in [-0.1, -0.05) is 0 Å². The molecule has 0 amide bonds. The third-order valence-corrected chi connectivity index (χ3v) is 7.32. The molecule has 0 aromatic heterocycles. The van der Waals surface area contributed by atoms with Crippen molar-refractivity contribution < 1.29 is 51.9 Å². The van der Waals surface area contributed by atoms with E-state index < -0.39 is 52.7 Å². The standard InChI is InChI=1S/C8H18BO11P3/c1-8(2,20-23(15,16)17)22(13,14)18-4-5-6(21(10,11)12)3-7(9)19-5/h5-7H,3-4H2,1-2H3,(H,13,14)(H2,10,11,12)(H2,15,16,17). The molecule has 0 spiro atoms. The van der Waals surface area contributed by atoms with Gasteiger partial charge in [-0.25, -0.2) is 4.57 Å². The Morgan fingerprint density at radius 3 is 2.13 bits per heavy atom. The number of hydrogen-bond donors (Lipinski definition) is 5. The van der Waals surface area contributed by atoms with Gasteiger partial charge >= 0.3 is 23.0 Å². The lowest BCUT2D eigenvalue weighted by atomic mass is 9.97. The molecule has 4 atom stereocenters. The highest BCUT2D eigenvalue weighted by molar-refractivity contribution is 7.55. The zero-order chi connectivity index (χ0) is 18.3. The van der Waals surface area contributed by atoms with E-state index in [1.165, 1.54) is 0 Å². The summed E-state index contributed by atoms with van der Waals surface area (Å²) in [6.07, 6.45) is -1.42. The lowest BCUT2D eigenvalue weighted by molar-refractivity contribution is 0.0340. The van der Waals surface area contributed by atoms with E-state index in [4.69, 9.17) is 26.9 Å². The van der Waals surface area contributed by atoms with E-state index in [9.17, 15) is 28.4 Å². The molecule has 5 N–H and O–H groups in total. The Morgan fingerprint density at radius 2 is 1.70 bits per heavy atom. The van der Waals surface area contributed by atoms with Crippen LogP contribution in [0, 0.1) is 0 Å². The molecule has 0 aliphatic carbocycles. The molecule has 0 aromatic rings. The summed E-state index contributed by atoms with van der Waals surface area (Å²) in [6.45, 7) is 1.13. The Hall–Kier alpha value is 0.435. The van der Waals surface area contributed by atoms with E-state index in [0.717, 1.165) is 13.8 Å². The van der Waals surface area contributed by atoms with Crippen molar-refractivity contribution in [3.63, 3.8) is 0 Å². The minimum absolute atomic E-state index is 0.170. The Kier molecular flexibility index (Phi) is 6.52. The summed E-state index contributed by atoms with van der Waals surface area (Å²) in [6, 6.07) is -0.973. The molecule has 1 aliphatic heterocycles. The van der Waals surface area contributed by atoms with Crippen LogP contribution in [-0.2, 0) is 27.5 Å². The van der Waals surface area contributed by atoms with Crippen LogP contribution in [0.2, 0.25) is 0 Å². The predicted molar refractivity (Wildman–Crippen MR) is 77.8 cm³/mol. The molecular formula is C8H18BO11P3. The molecule has 4 unspecified atom stereocenters. The zero-order valence-electron chi connectivity index (χ0n) is 12.3. The van der Waals surface area contributed by atoms with E-state index in [-0.39, 0.29) is 6.42 Å². The smallest absolute Gasteiger partial charge is 0.381 e. The van der Waals surface area contributed by atoms with Crippen molar-refractivity contribution in [2.45, 2.75) is 43.4 Å². The van der Waals surface area contributed by atoms with Gasteiger partial charge in [0.2, 0.25) is 0 Å². The zero-order valence-corrected chi connectivity index (χ0v) is 14.9. The van der Waals surface area contributed by atoms with Crippen molar-refractivity contribution in [1.29, 1.82) is 0 Å². The first-order chi connectivity index (χ1) is 10.1. The van der Waals surface area contributed by atoms with Crippen LogP contribution in [0.3, 0.4) is 0 Å². The van der Waals surface area contributed by atoms with E-state index in [0.29, 0.717) is 0 Å².